The lowest BCUT2D eigenvalue weighted by molar-refractivity contribution is 0.0744. The molecule has 0 amide bonds. The lowest BCUT2D eigenvalue weighted by atomic mass is 10.4. The van der Waals surface area contributed by atoms with E-state index in [0.717, 1.165) is 4.57 Å². The van der Waals surface area contributed by atoms with Crippen molar-refractivity contribution in [2.75, 3.05) is 12.1 Å². The predicted octanol–water partition coefficient (Wildman–Crippen LogP) is -1.24. The lowest BCUT2D eigenvalue weighted by Crippen LogP contribution is -2.29. The summed E-state index contributed by atoms with van der Waals surface area (Å²) in [7, 11) is -4.20. The summed E-state index contributed by atoms with van der Waals surface area (Å²) >= 11 is 0. The predicted molar refractivity (Wildman–Crippen MR) is 58.2 cm³/mol. The molecule has 1 atom stereocenters. The SMILES string of the molecule is C[C@H](Cn1cnc(N)nc1=O)OCP(=O)(O)O. The van der Waals surface area contributed by atoms with Gasteiger partial charge in [-0.2, -0.15) is 4.98 Å². The van der Waals surface area contributed by atoms with Crippen LogP contribution in [0.5, 0.6) is 0 Å². The molecule has 0 spiro atoms. The van der Waals surface area contributed by atoms with Crippen molar-refractivity contribution in [2.24, 2.45) is 0 Å². The summed E-state index contributed by atoms with van der Waals surface area (Å²) in [5.41, 5.74) is 4.61. The van der Waals surface area contributed by atoms with Gasteiger partial charge in [0.05, 0.1) is 12.6 Å². The maximum Gasteiger partial charge on any atom is 0.352 e. The Bertz CT molecular complexity index is 483. The molecule has 9 nitrogen and oxygen atoms in total. The number of rotatable bonds is 5. The molecule has 1 rings (SSSR count). The molecule has 10 heteroatoms. The Morgan fingerprint density at radius 1 is 1.65 bits per heavy atom. The highest BCUT2D eigenvalue weighted by Crippen LogP contribution is 2.34. The molecule has 1 aromatic heterocycles. The molecule has 0 aliphatic carbocycles. The molecule has 0 radical (unpaired) electrons. The number of nitrogen functional groups attached to an aromatic ring is 1. The second-order valence-corrected chi connectivity index (χ2v) is 5.01. The van der Waals surface area contributed by atoms with Crippen LogP contribution in [0.25, 0.3) is 0 Å². The van der Waals surface area contributed by atoms with Gasteiger partial charge in [0.25, 0.3) is 0 Å². The second-order valence-electron chi connectivity index (χ2n) is 3.42. The zero-order valence-corrected chi connectivity index (χ0v) is 9.95. The first kappa shape index (κ1) is 13.8. The van der Waals surface area contributed by atoms with E-state index in [2.05, 4.69) is 9.97 Å². The molecule has 0 unspecified atom stereocenters. The number of ether oxygens (including phenoxy) is 1. The highest BCUT2D eigenvalue weighted by molar-refractivity contribution is 7.51. The van der Waals surface area contributed by atoms with Crippen molar-refractivity contribution >= 4 is 13.5 Å². The summed E-state index contributed by atoms with van der Waals surface area (Å²) < 4.78 is 16.6. The summed E-state index contributed by atoms with van der Waals surface area (Å²) in [5, 5.41) is 0. The summed E-state index contributed by atoms with van der Waals surface area (Å²) in [5.74, 6) is -0.130. The Labute approximate surface area is 96.4 Å². The number of hydrogen-bond acceptors (Lipinski definition) is 6. The fraction of sp³-hybridized carbons (Fsp3) is 0.571. The van der Waals surface area contributed by atoms with E-state index in [4.69, 9.17) is 20.3 Å². The molecule has 4 N–H and O–H groups in total. The van der Waals surface area contributed by atoms with Crippen molar-refractivity contribution in [1.29, 1.82) is 0 Å². The van der Waals surface area contributed by atoms with Crippen molar-refractivity contribution in [3.8, 4) is 0 Å². The molecule has 96 valence electrons. The minimum atomic E-state index is -4.20. The van der Waals surface area contributed by atoms with Crippen LogP contribution in [-0.2, 0) is 15.8 Å². The third-order valence-electron chi connectivity index (χ3n) is 1.77. The summed E-state index contributed by atoms with van der Waals surface area (Å²) in [6.07, 6.45) is -0.0617. The standard InChI is InChI=1S/C7H13N4O5P/c1-5(16-4-17(13,14)15)2-11-3-9-6(8)10-7(11)12/h3,5H,2,4H2,1H3,(H2,8,10,12)(H2,13,14,15)/t5-/m1/s1. The largest absolute Gasteiger partial charge is 0.368 e. The van der Waals surface area contributed by atoms with Crippen molar-refractivity contribution in [2.45, 2.75) is 19.6 Å². The van der Waals surface area contributed by atoms with Gasteiger partial charge in [-0.25, -0.2) is 9.78 Å². The Morgan fingerprint density at radius 2 is 2.29 bits per heavy atom. The van der Waals surface area contributed by atoms with Crippen LogP contribution in [-0.4, -0.2) is 36.8 Å². The third kappa shape index (κ3) is 5.05. The normalized spacial score (nSPS) is 13.6. The maximum absolute atomic E-state index is 11.3. The molecule has 1 aromatic rings. The van der Waals surface area contributed by atoms with Gasteiger partial charge in [-0.1, -0.05) is 0 Å². The lowest BCUT2D eigenvalue weighted by Gasteiger charge is -2.14. The van der Waals surface area contributed by atoms with Crippen molar-refractivity contribution in [3.05, 3.63) is 16.8 Å². The fourth-order valence-electron chi connectivity index (χ4n) is 1.05. The van der Waals surface area contributed by atoms with Crippen LogP contribution >= 0.6 is 7.60 Å². The first-order chi connectivity index (χ1) is 7.78. The molecular weight excluding hydrogens is 251 g/mol. The minimum Gasteiger partial charge on any atom is -0.368 e. The third-order valence-corrected chi connectivity index (χ3v) is 2.25. The highest BCUT2D eigenvalue weighted by atomic mass is 31.2. The van der Waals surface area contributed by atoms with Crippen molar-refractivity contribution < 1.29 is 19.1 Å². The van der Waals surface area contributed by atoms with Gasteiger partial charge in [-0.15, -0.1) is 0 Å². The number of nitrogens with zero attached hydrogens (tertiary/aromatic N) is 3. The zero-order chi connectivity index (χ0) is 13.1. The highest BCUT2D eigenvalue weighted by Gasteiger charge is 2.16. The molecule has 0 aromatic carbocycles. The van der Waals surface area contributed by atoms with Crippen molar-refractivity contribution in [1.82, 2.24) is 14.5 Å². The molecule has 0 saturated carbocycles. The summed E-state index contributed by atoms with van der Waals surface area (Å²) in [6.45, 7) is 1.65. The van der Waals surface area contributed by atoms with Crippen LogP contribution in [0.1, 0.15) is 6.92 Å². The van der Waals surface area contributed by atoms with E-state index in [-0.39, 0.29) is 12.5 Å². The van der Waals surface area contributed by atoms with Gasteiger partial charge < -0.3 is 20.3 Å². The van der Waals surface area contributed by atoms with E-state index in [0.29, 0.717) is 0 Å². The topological polar surface area (TPSA) is 141 Å². The Balaban J connectivity index is 2.59. The summed E-state index contributed by atoms with van der Waals surface area (Å²) in [4.78, 5) is 35.5. The Morgan fingerprint density at radius 3 is 2.82 bits per heavy atom. The van der Waals surface area contributed by atoms with Crippen LogP contribution in [0.15, 0.2) is 11.1 Å². The molecule has 17 heavy (non-hydrogen) atoms. The molecule has 0 saturated heterocycles. The zero-order valence-electron chi connectivity index (χ0n) is 9.05. The van der Waals surface area contributed by atoms with Crippen LogP contribution < -0.4 is 11.4 Å². The van der Waals surface area contributed by atoms with Gasteiger partial charge in [0.1, 0.15) is 12.7 Å². The average Bonchev–Trinajstić information content (AvgIpc) is 2.18. The van der Waals surface area contributed by atoms with E-state index < -0.39 is 25.7 Å². The smallest absolute Gasteiger partial charge is 0.352 e. The second kappa shape index (κ2) is 5.37. The monoisotopic (exact) mass is 264 g/mol. The van der Waals surface area contributed by atoms with Gasteiger partial charge in [0.15, 0.2) is 0 Å². The fourth-order valence-corrected chi connectivity index (χ4v) is 1.50. The molecule has 1 heterocycles. The van der Waals surface area contributed by atoms with Gasteiger partial charge in [0.2, 0.25) is 5.95 Å². The van der Waals surface area contributed by atoms with E-state index >= 15 is 0 Å². The molecular formula is C7H13N4O5P. The maximum atomic E-state index is 11.3. The van der Waals surface area contributed by atoms with Gasteiger partial charge >= 0.3 is 13.3 Å². The number of anilines is 1. The van der Waals surface area contributed by atoms with Crippen LogP contribution in [0, 0.1) is 0 Å². The Kier molecular flexibility index (Phi) is 4.35. The minimum absolute atomic E-state index is 0.0825. The van der Waals surface area contributed by atoms with Gasteiger partial charge in [0, 0.05) is 0 Å². The van der Waals surface area contributed by atoms with E-state index in [9.17, 15) is 9.36 Å². The first-order valence-corrected chi connectivity index (χ1v) is 6.43. The van der Waals surface area contributed by atoms with Crippen LogP contribution in [0.2, 0.25) is 0 Å². The number of nitrogens with two attached hydrogens (primary N) is 1. The van der Waals surface area contributed by atoms with E-state index in [1.807, 2.05) is 0 Å². The molecule has 0 fully saturated rings. The Hall–Kier alpha value is -1.28. The summed E-state index contributed by atoms with van der Waals surface area (Å²) in [6, 6.07) is 0. The molecule has 0 bridgehead atoms. The van der Waals surface area contributed by atoms with E-state index in [1.54, 1.807) is 6.92 Å². The quantitative estimate of drug-likeness (QED) is 0.561. The van der Waals surface area contributed by atoms with Crippen LogP contribution in [0.3, 0.4) is 0 Å². The molecule has 0 aliphatic rings. The van der Waals surface area contributed by atoms with Crippen molar-refractivity contribution in [3.63, 3.8) is 0 Å². The number of hydrogen-bond donors (Lipinski definition) is 3. The van der Waals surface area contributed by atoms with Gasteiger partial charge in [-0.3, -0.25) is 9.13 Å². The van der Waals surface area contributed by atoms with E-state index in [1.165, 1.54) is 6.33 Å². The van der Waals surface area contributed by atoms with Crippen LogP contribution in [0.4, 0.5) is 5.95 Å². The van der Waals surface area contributed by atoms with Gasteiger partial charge in [-0.05, 0) is 6.92 Å². The first-order valence-electron chi connectivity index (χ1n) is 4.63. The average molecular weight is 264 g/mol. The number of aromatic nitrogens is 3. The molecule has 0 aliphatic heterocycles.